The Labute approximate surface area is 108 Å². The molecule has 0 saturated carbocycles. The highest BCUT2D eigenvalue weighted by Crippen LogP contribution is 2.15. The van der Waals surface area contributed by atoms with Gasteiger partial charge in [0.25, 0.3) is 5.91 Å². The third kappa shape index (κ3) is 2.63. The normalized spacial score (nSPS) is 10.4. The minimum Gasteiger partial charge on any atom is -0.454 e. The van der Waals surface area contributed by atoms with Gasteiger partial charge in [-0.1, -0.05) is 0 Å². The Morgan fingerprint density at radius 2 is 2.26 bits per heavy atom. The number of hydrazine groups is 1. The van der Waals surface area contributed by atoms with Gasteiger partial charge in [-0.2, -0.15) is 5.10 Å². The largest absolute Gasteiger partial charge is 0.454 e. The van der Waals surface area contributed by atoms with Crippen molar-refractivity contribution in [3.63, 3.8) is 0 Å². The molecule has 0 aliphatic rings. The first kappa shape index (κ1) is 12.8. The first-order valence-corrected chi connectivity index (χ1v) is 5.44. The van der Waals surface area contributed by atoms with Crippen molar-refractivity contribution in [2.75, 3.05) is 0 Å². The summed E-state index contributed by atoms with van der Waals surface area (Å²) in [6.45, 7) is 2.02. The molecular formula is C11H13N5O3. The van der Waals surface area contributed by atoms with Gasteiger partial charge in [0, 0.05) is 11.8 Å². The molecule has 0 radical (unpaired) electrons. The number of furan rings is 1. The Kier molecular flexibility index (Phi) is 3.34. The lowest BCUT2D eigenvalue weighted by molar-refractivity contribution is 0.0922. The molecule has 8 heteroatoms. The Morgan fingerprint density at radius 3 is 2.84 bits per heavy atom. The molecule has 2 heterocycles. The van der Waals surface area contributed by atoms with E-state index in [2.05, 4.69) is 5.10 Å². The molecule has 0 aliphatic heterocycles. The molecule has 0 aromatic carbocycles. The lowest BCUT2D eigenvalue weighted by Gasteiger charge is -1.98. The van der Waals surface area contributed by atoms with Gasteiger partial charge in [0.1, 0.15) is 11.5 Å². The van der Waals surface area contributed by atoms with E-state index in [9.17, 15) is 9.59 Å². The van der Waals surface area contributed by atoms with Crippen molar-refractivity contribution in [3.05, 3.63) is 41.1 Å². The number of carbonyl (C=O) groups is 2. The molecule has 5 N–H and O–H groups in total. The van der Waals surface area contributed by atoms with Crippen LogP contribution in [0.5, 0.6) is 0 Å². The van der Waals surface area contributed by atoms with E-state index in [-0.39, 0.29) is 18.0 Å². The number of rotatable bonds is 4. The molecule has 0 saturated heterocycles. The summed E-state index contributed by atoms with van der Waals surface area (Å²) in [6, 6.07) is 3.21. The maximum absolute atomic E-state index is 11.4. The van der Waals surface area contributed by atoms with Crippen molar-refractivity contribution in [3.8, 4) is 0 Å². The first-order valence-electron chi connectivity index (χ1n) is 5.44. The van der Waals surface area contributed by atoms with E-state index >= 15 is 0 Å². The molecule has 2 rings (SSSR count). The fourth-order valence-electron chi connectivity index (χ4n) is 1.66. The van der Waals surface area contributed by atoms with Crippen LogP contribution in [0.4, 0.5) is 0 Å². The van der Waals surface area contributed by atoms with Gasteiger partial charge in [0.15, 0.2) is 5.76 Å². The van der Waals surface area contributed by atoms with E-state index in [1.54, 1.807) is 19.2 Å². The third-order valence-electron chi connectivity index (χ3n) is 2.52. The zero-order valence-electron chi connectivity index (χ0n) is 10.2. The van der Waals surface area contributed by atoms with Gasteiger partial charge in [-0.25, -0.2) is 5.84 Å². The fourth-order valence-corrected chi connectivity index (χ4v) is 1.66. The highest BCUT2D eigenvalue weighted by molar-refractivity contribution is 5.92. The van der Waals surface area contributed by atoms with E-state index in [0.29, 0.717) is 11.3 Å². The zero-order chi connectivity index (χ0) is 14.0. The second kappa shape index (κ2) is 4.94. The summed E-state index contributed by atoms with van der Waals surface area (Å²) in [5.41, 5.74) is 7.94. The molecule has 8 nitrogen and oxygen atoms in total. The summed E-state index contributed by atoms with van der Waals surface area (Å²) in [7, 11) is 0. The van der Waals surface area contributed by atoms with E-state index in [4.69, 9.17) is 16.0 Å². The number of amides is 2. The highest BCUT2D eigenvalue weighted by Gasteiger charge is 2.15. The zero-order valence-corrected chi connectivity index (χ0v) is 10.2. The second-order valence-electron chi connectivity index (χ2n) is 3.96. The third-order valence-corrected chi connectivity index (χ3v) is 2.52. The second-order valence-corrected chi connectivity index (χ2v) is 3.96. The topological polar surface area (TPSA) is 129 Å². The number of carbonyl (C=O) groups excluding carboxylic acids is 2. The van der Waals surface area contributed by atoms with Gasteiger partial charge in [-0.3, -0.25) is 19.7 Å². The monoisotopic (exact) mass is 263 g/mol. The number of aromatic nitrogens is 2. The van der Waals surface area contributed by atoms with E-state index in [1.807, 2.05) is 5.43 Å². The molecule has 2 aromatic rings. The molecule has 0 unspecified atom stereocenters. The molecule has 2 aromatic heterocycles. The van der Waals surface area contributed by atoms with Gasteiger partial charge < -0.3 is 10.2 Å². The number of primary amides is 1. The van der Waals surface area contributed by atoms with Crippen molar-refractivity contribution in [1.82, 2.24) is 15.2 Å². The quantitative estimate of drug-likeness (QED) is 0.390. The molecule has 2 amide bonds. The van der Waals surface area contributed by atoms with Crippen LogP contribution in [0.25, 0.3) is 0 Å². The number of nitrogens with zero attached hydrogens (tertiary/aromatic N) is 2. The van der Waals surface area contributed by atoms with Gasteiger partial charge in [-0.05, 0) is 19.1 Å². The molecular weight excluding hydrogens is 250 g/mol. The van der Waals surface area contributed by atoms with Crippen molar-refractivity contribution < 1.29 is 14.0 Å². The molecule has 0 bridgehead atoms. The SMILES string of the molecule is Cc1cc(Cn2ccc(C(N)=O)n2)oc1C(=O)NN. The smallest absolute Gasteiger partial charge is 0.301 e. The van der Waals surface area contributed by atoms with Gasteiger partial charge >= 0.3 is 5.91 Å². The number of nitrogen functional groups attached to an aromatic ring is 1. The van der Waals surface area contributed by atoms with Gasteiger partial charge in [0.05, 0.1) is 6.54 Å². The predicted molar refractivity (Wildman–Crippen MR) is 64.9 cm³/mol. The molecule has 0 fully saturated rings. The Hall–Kier alpha value is -2.61. The maximum Gasteiger partial charge on any atom is 0.301 e. The van der Waals surface area contributed by atoms with Crippen LogP contribution in [-0.2, 0) is 6.54 Å². The van der Waals surface area contributed by atoms with Crippen LogP contribution in [-0.4, -0.2) is 21.6 Å². The minimum atomic E-state index is -0.599. The summed E-state index contributed by atoms with van der Waals surface area (Å²) >= 11 is 0. The minimum absolute atomic E-state index is 0.153. The summed E-state index contributed by atoms with van der Waals surface area (Å²) in [5, 5.41) is 3.97. The van der Waals surface area contributed by atoms with Crippen LogP contribution < -0.4 is 17.0 Å². The van der Waals surface area contributed by atoms with Crippen molar-refractivity contribution in [1.29, 1.82) is 0 Å². The molecule has 19 heavy (non-hydrogen) atoms. The highest BCUT2D eigenvalue weighted by atomic mass is 16.4. The van der Waals surface area contributed by atoms with Crippen molar-refractivity contribution in [2.45, 2.75) is 13.5 Å². The van der Waals surface area contributed by atoms with Crippen molar-refractivity contribution in [2.24, 2.45) is 11.6 Å². The Morgan fingerprint density at radius 1 is 1.53 bits per heavy atom. The van der Waals surface area contributed by atoms with Gasteiger partial charge in [0.2, 0.25) is 0 Å². The Balaban J connectivity index is 2.19. The number of hydrogen-bond acceptors (Lipinski definition) is 5. The van der Waals surface area contributed by atoms with E-state index in [1.165, 1.54) is 10.7 Å². The summed E-state index contributed by atoms with van der Waals surface area (Å²) in [5.74, 6) is 4.62. The van der Waals surface area contributed by atoms with Crippen LogP contribution in [0.3, 0.4) is 0 Å². The number of nitrogens with two attached hydrogens (primary N) is 2. The van der Waals surface area contributed by atoms with Crippen LogP contribution in [0.15, 0.2) is 22.7 Å². The Bertz CT molecular complexity index is 628. The molecule has 0 atom stereocenters. The standard InChI is InChI=1S/C11H13N5O3/c1-6-4-7(19-9(6)11(18)14-13)5-16-3-2-8(15-16)10(12)17/h2-4H,5,13H2,1H3,(H2,12,17)(H,14,18). The lowest BCUT2D eigenvalue weighted by Crippen LogP contribution is -2.30. The number of aryl methyl sites for hydroxylation is 1. The predicted octanol–water partition coefficient (Wildman–Crippen LogP) is -0.465. The molecule has 0 spiro atoms. The van der Waals surface area contributed by atoms with Crippen molar-refractivity contribution >= 4 is 11.8 Å². The van der Waals surface area contributed by atoms with Crippen LogP contribution in [0, 0.1) is 6.92 Å². The van der Waals surface area contributed by atoms with Crippen LogP contribution >= 0.6 is 0 Å². The van der Waals surface area contributed by atoms with E-state index < -0.39 is 11.8 Å². The van der Waals surface area contributed by atoms with E-state index in [0.717, 1.165) is 0 Å². The number of hydrogen-bond donors (Lipinski definition) is 3. The maximum atomic E-state index is 11.4. The first-order chi connectivity index (χ1) is 9.01. The number of nitrogens with one attached hydrogen (secondary N) is 1. The van der Waals surface area contributed by atoms with Crippen LogP contribution in [0.2, 0.25) is 0 Å². The molecule has 100 valence electrons. The lowest BCUT2D eigenvalue weighted by atomic mass is 10.2. The average molecular weight is 263 g/mol. The van der Waals surface area contributed by atoms with Gasteiger partial charge in [-0.15, -0.1) is 0 Å². The summed E-state index contributed by atoms with van der Waals surface area (Å²) in [6.07, 6.45) is 1.60. The summed E-state index contributed by atoms with van der Waals surface area (Å²) < 4.78 is 6.86. The van der Waals surface area contributed by atoms with Crippen LogP contribution in [0.1, 0.15) is 32.4 Å². The fraction of sp³-hybridized carbons (Fsp3) is 0.182. The molecule has 0 aliphatic carbocycles. The average Bonchev–Trinajstić information content (AvgIpc) is 2.96. The summed E-state index contributed by atoms with van der Waals surface area (Å²) in [4.78, 5) is 22.3.